The Hall–Kier alpha value is -2.08. The maximum absolute atomic E-state index is 12.3. The summed E-state index contributed by atoms with van der Waals surface area (Å²) in [5.41, 5.74) is 1.35. The Morgan fingerprint density at radius 2 is 1.86 bits per heavy atom. The van der Waals surface area contributed by atoms with E-state index >= 15 is 0 Å². The van der Waals surface area contributed by atoms with Crippen LogP contribution >= 0.6 is 11.3 Å². The zero-order valence-electron chi connectivity index (χ0n) is 12.5. The number of hydrogen-bond donors (Lipinski definition) is 1. The van der Waals surface area contributed by atoms with Gasteiger partial charge in [0.2, 0.25) is 0 Å². The average Bonchev–Trinajstić information content (AvgIpc) is 2.93. The summed E-state index contributed by atoms with van der Waals surface area (Å²) in [5.74, 6) is 0.971. The lowest BCUT2D eigenvalue weighted by molar-refractivity contribution is 0.0938. The van der Waals surface area contributed by atoms with Gasteiger partial charge in [-0.2, -0.15) is 0 Å². The lowest BCUT2D eigenvalue weighted by Crippen LogP contribution is -2.26. The van der Waals surface area contributed by atoms with Crippen molar-refractivity contribution in [1.82, 2.24) is 10.3 Å². The van der Waals surface area contributed by atoms with Gasteiger partial charge in [-0.05, 0) is 26.0 Å². The molecule has 0 aliphatic rings. The predicted octanol–water partition coefficient (Wildman–Crippen LogP) is 2.96. The van der Waals surface area contributed by atoms with E-state index in [1.807, 2.05) is 19.2 Å². The van der Waals surface area contributed by atoms with Crippen LogP contribution in [0.2, 0.25) is 0 Å². The van der Waals surface area contributed by atoms with Gasteiger partial charge in [-0.3, -0.25) is 4.79 Å². The molecule has 2 aromatic rings. The van der Waals surface area contributed by atoms with E-state index in [2.05, 4.69) is 10.3 Å². The molecule has 0 bridgehead atoms. The fourth-order valence-electron chi connectivity index (χ4n) is 1.87. The second-order valence-electron chi connectivity index (χ2n) is 4.59. The van der Waals surface area contributed by atoms with Crippen molar-refractivity contribution in [3.63, 3.8) is 0 Å². The zero-order valence-corrected chi connectivity index (χ0v) is 13.3. The van der Waals surface area contributed by atoms with Crippen LogP contribution in [0.1, 0.15) is 34.0 Å². The minimum atomic E-state index is -0.189. The molecule has 0 saturated heterocycles. The molecule has 1 aromatic carbocycles. The van der Waals surface area contributed by atoms with E-state index in [1.54, 1.807) is 43.8 Å². The highest BCUT2D eigenvalue weighted by atomic mass is 32.1. The summed E-state index contributed by atoms with van der Waals surface area (Å²) < 4.78 is 10.3. The van der Waals surface area contributed by atoms with Crippen LogP contribution in [-0.4, -0.2) is 25.1 Å². The van der Waals surface area contributed by atoms with E-state index in [0.29, 0.717) is 17.1 Å². The molecule has 0 fully saturated rings. The molecule has 0 aliphatic heterocycles. The molecule has 112 valence electrons. The molecule has 5 nitrogen and oxygen atoms in total. The number of ether oxygens (including phenoxy) is 2. The van der Waals surface area contributed by atoms with Crippen LogP contribution in [0.3, 0.4) is 0 Å². The van der Waals surface area contributed by atoms with Gasteiger partial charge in [0, 0.05) is 17.0 Å². The Labute approximate surface area is 127 Å². The Morgan fingerprint density at radius 1 is 1.24 bits per heavy atom. The standard InChI is InChI=1S/C15H18N2O3S/c1-9(14-8-21-10(2)17-14)16-15(18)11-5-12(19-3)7-13(6-11)20-4/h5-9H,1-4H3,(H,16,18). The lowest BCUT2D eigenvalue weighted by Gasteiger charge is -2.13. The highest BCUT2D eigenvalue weighted by Gasteiger charge is 2.15. The Balaban J connectivity index is 2.16. The summed E-state index contributed by atoms with van der Waals surface area (Å²) in [6, 6.07) is 4.93. The summed E-state index contributed by atoms with van der Waals surface area (Å²) in [7, 11) is 3.11. The molecule has 0 saturated carbocycles. The van der Waals surface area contributed by atoms with Gasteiger partial charge in [-0.25, -0.2) is 4.98 Å². The Kier molecular flexibility index (Phi) is 4.80. The number of nitrogens with one attached hydrogen (secondary N) is 1. The largest absolute Gasteiger partial charge is 0.497 e. The third kappa shape index (κ3) is 3.72. The lowest BCUT2D eigenvalue weighted by atomic mass is 10.1. The van der Waals surface area contributed by atoms with Crippen molar-refractivity contribution in [3.8, 4) is 11.5 Å². The molecule has 0 aliphatic carbocycles. The van der Waals surface area contributed by atoms with Crippen LogP contribution in [0.4, 0.5) is 0 Å². The molecule has 21 heavy (non-hydrogen) atoms. The first-order chi connectivity index (χ1) is 10.0. The van der Waals surface area contributed by atoms with E-state index in [1.165, 1.54) is 0 Å². The highest BCUT2D eigenvalue weighted by molar-refractivity contribution is 7.09. The number of nitrogens with zero attached hydrogens (tertiary/aromatic N) is 1. The van der Waals surface area contributed by atoms with Crippen LogP contribution < -0.4 is 14.8 Å². The van der Waals surface area contributed by atoms with Gasteiger partial charge in [-0.1, -0.05) is 0 Å². The smallest absolute Gasteiger partial charge is 0.252 e. The molecule has 1 aromatic heterocycles. The van der Waals surface area contributed by atoms with E-state index in [0.717, 1.165) is 10.7 Å². The number of hydrogen-bond acceptors (Lipinski definition) is 5. The number of amides is 1. The molecule has 0 spiro atoms. The quantitative estimate of drug-likeness (QED) is 0.922. The van der Waals surface area contributed by atoms with Crippen LogP contribution in [-0.2, 0) is 0 Å². The van der Waals surface area contributed by atoms with E-state index in [-0.39, 0.29) is 11.9 Å². The normalized spacial score (nSPS) is 11.8. The summed E-state index contributed by atoms with van der Waals surface area (Å²) in [6.45, 7) is 3.85. The molecule has 1 atom stereocenters. The van der Waals surface area contributed by atoms with Crippen molar-refractivity contribution in [2.75, 3.05) is 14.2 Å². The van der Waals surface area contributed by atoms with Crippen LogP contribution in [0.15, 0.2) is 23.6 Å². The Morgan fingerprint density at radius 3 is 2.33 bits per heavy atom. The third-order valence-electron chi connectivity index (χ3n) is 3.04. The molecular formula is C15H18N2O3S. The molecule has 2 rings (SSSR count). The number of carbonyl (C=O) groups excluding carboxylic acids is 1. The van der Waals surface area contributed by atoms with Crippen molar-refractivity contribution in [2.45, 2.75) is 19.9 Å². The second kappa shape index (κ2) is 6.58. The van der Waals surface area contributed by atoms with Crippen molar-refractivity contribution >= 4 is 17.2 Å². The first-order valence-corrected chi connectivity index (χ1v) is 7.37. The predicted molar refractivity (Wildman–Crippen MR) is 82.3 cm³/mol. The Bertz CT molecular complexity index is 617. The van der Waals surface area contributed by atoms with E-state index in [4.69, 9.17) is 9.47 Å². The minimum absolute atomic E-state index is 0.153. The van der Waals surface area contributed by atoms with Crippen molar-refractivity contribution in [3.05, 3.63) is 39.8 Å². The van der Waals surface area contributed by atoms with Gasteiger partial charge in [0.1, 0.15) is 11.5 Å². The summed E-state index contributed by atoms with van der Waals surface area (Å²) >= 11 is 1.57. The molecule has 1 amide bonds. The molecule has 1 N–H and O–H groups in total. The maximum atomic E-state index is 12.3. The number of aryl methyl sites for hydroxylation is 1. The average molecular weight is 306 g/mol. The molecule has 0 radical (unpaired) electrons. The molecule has 1 heterocycles. The van der Waals surface area contributed by atoms with Crippen LogP contribution in [0, 0.1) is 6.92 Å². The highest BCUT2D eigenvalue weighted by Crippen LogP contribution is 2.23. The maximum Gasteiger partial charge on any atom is 0.252 e. The summed E-state index contributed by atoms with van der Waals surface area (Å²) in [5, 5.41) is 5.85. The number of aromatic nitrogens is 1. The summed E-state index contributed by atoms with van der Waals surface area (Å²) in [6.07, 6.45) is 0. The van der Waals surface area contributed by atoms with Crippen LogP contribution in [0.5, 0.6) is 11.5 Å². The van der Waals surface area contributed by atoms with E-state index in [9.17, 15) is 4.79 Å². The topological polar surface area (TPSA) is 60.5 Å². The zero-order chi connectivity index (χ0) is 15.4. The second-order valence-corrected chi connectivity index (χ2v) is 5.65. The monoisotopic (exact) mass is 306 g/mol. The van der Waals surface area contributed by atoms with Gasteiger partial charge >= 0.3 is 0 Å². The van der Waals surface area contributed by atoms with Gasteiger partial charge in [0.05, 0.1) is 31.0 Å². The van der Waals surface area contributed by atoms with Crippen LogP contribution in [0.25, 0.3) is 0 Å². The molecule has 1 unspecified atom stereocenters. The number of thiazole rings is 1. The van der Waals surface area contributed by atoms with Gasteiger partial charge < -0.3 is 14.8 Å². The SMILES string of the molecule is COc1cc(OC)cc(C(=O)NC(C)c2csc(C)n2)c1. The van der Waals surface area contributed by atoms with Crippen molar-refractivity contribution in [2.24, 2.45) is 0 Å². The van der Waals surface area contributed by atoms with Crippen molar-refractivity contribution < 1.29 is 14.3 Å². The first-order valence-electron chi connectivity index (χ1n) is 6.49. The number of methoxy groups -OCH3 is 2. The van der Waals surface area contributed by atoms with Gasteiger partial charge in [0.25, 0.3) is 5.91 Å². The van der Waals surface area contributed by atoms with Gasteiger partial charge in [0.15, 0.2) is 0 Å². The van der Waals surface area contributed by atoms with E-state index < -0.39 is 0 Å². The minimum Gasteiger partial charge on any atom is -0.497 e. The fourth-order valence-corrected chi connectivity index (χ4v) is 2.58. The summed E-state index contributed by atoms with van der Waals surface area (Å²) in [4.78, 5) is 16.7. The van der Waals surface area contributed by atoms with Gasteiger partial charge in [-0.15, -0.1) is 11.3 Å². The first kappa shape index (κ1) is 15.3. The third-order valence-corrected chi connectivity index (χ3v) is 3.83. The number of rotatable bonds is 5. The molecular weight excluding hydrogens is 288 g/mol. The fraction of sp³-hybridized carbons (Fsp3) is 0.333. The number of carbonyl (C=O) groups is 1. The van der Waals surface area contributed by atoms with Crippen molar-refractivity contribution in [1.29, 1.82) is 0 Å². The molecule has 6 heteroatoms. The number of benzene rings is 1.